The molecule has 23 heavy (non-hydrogen) atoms. The van der Waals surface area contributed by atoms with Crippen molar-refractivity contribution < 1.29 is 4.79 Å². The largest absolute Gasteiger partial charge is 0.340 e. The fourth-order valence-electron chi connectivity index (χ4n) is 3.98. The lowest BCUT2D eigenvalue weighted by Gasteiger charge is -2.42. The molecule has 2 aromatic carbocycles. The van der Waals surface area contributed by atoms with Crippen molar-refractivity contribution in [1.82, 2.24) is 9.80 Å². The summed E-state index contributed by atoms with van der Waals surface area (Å²) in [4.78, 5) is 16.1. The molecule has 1 fully saturated rings. The Morgan fingerprint density at radius 3 is 1.91 bits per heavy atom. The Bertz CT molecular complexity index is 686. The molecule has 118 valence electrons. The third-order valence-corrected chi connectivity index (χ3v) is 5.21. The second-order valence-electron chi connectivity index (χ2n) is 6.52. The third-order valence-electron chi connectivity index (χ3n) is 5.21. The van der Waals surface area contributed by atoms with Crippen LogP contribution in [0.25, 0.3) is 0 Å². The highest BCUT2D eigenvalue weighted by molar-refractivity contribution is 5.73. The summed E-state index contributed by atoms with van der Waals surface area (Å²) in [5.41, 5.74) is 5.74. The van der Waals surface area contributed by atoms with Gasteiger partial charge in [0.15, 0.2) is 0 Å². The van der Waals surface area contributed by atoms with Crippen molar-refractivity contribution in [2.45, 2.75) is 19.4 Å². The number of piperazine rings is 1. The van der Waals surface area contributed by atoms with Gasteiger partial charge >= 0.3 is 0 Å². The van der Waals surface area contributed by atoms with Gasteiger partial charge in [0.05, 0.1) is 6.04 Å². The van der Waals surface area contributed by atoms with Gasteiger partial charge < -0.3 is 4.90 Å². The predicted molar refractivity (Wildman–Crippen MR) is 91.4 cm³/mol. The third kappa shape index (κ3) is 2.55. The summed E-state index contributed by atoms with van der Waals surface area (Å²) in [5, 5.41) is 0. The molecule has 1 aliphatic heterocycles. The standard InChI is InChI=1S/C20H22N2O/c1-15(23)21-10-12-22(13-11-21)20-18-8-4-2-6-16(18)14-17-7-3-5-9-19(17)20/h2-9,20H,10-14H2,1H3. The zero-order valence-corrected chi connectivity index (χ0v) is 13.5. The highest BCUT2D eigenvalue weighted by Gasteiger charge is 2.32. The molecule has 0 bridgehead atoms. The van der Waals surface area contributed by atoms with Crippen LogP contribution >= 0.6 is 0 Å². The molecule has 0 radical (unpaired) electrons. The first-order valence-corrected chi connectivity index (χ1v) is 8.39. The van der Waals surface area contributed by atoms with E-state index in [1.54, 1.807) is 6.92 Å². The van der Waals surface area contributed by atoms with Crippen molar-refractivity contribution in [1.29, 1.82) is 0 Å². The van der Waals surface area contributed by atoms with Crippen molar-refractivity contribution in [2.24, 2.45) is 0 Å². The van der Waals surface area contributed by atoms with E-state index in [1.807, 2.05) is 4.90 Å². The zero-order chi connectivity index (χ0) is 15.8. The van der Waals surface area contributed by atoms with Gasteiger partial charge in [-0.15, -0.1) is 0 Å². The average Bonchev–Trinajstić information content (AvgIpc) is 2.59. The molecular formula is C20H22N2O. The minimum absolute atomic E-state index is 0.189. The molecule has 1 amide bonds. The van der Waals surface area contributed by atoms with Gasteiger partial charge in [-0.2, -0.15) is 0 Å². The van der Waals surface area contributed by atoms with E-state index < -0.39 is 0 Å². The van der Waals surface area contributed by atoms with E-state index in [0.717, 1.165) is 32.6 Å². The van der Waals surface area contributed by atoms with Crippen LogP contribution in [0.3, 0.4) is 0 Å². The van der Waals surface area contributed by atoms with Crippen molar-refractivity contribution in [3.05, 3.63) is 70.8 Å². The number of hydrogen-bond donors (Lipinski definition) is 0. The lowest BCUT2D eigenvalue weighted by atomic mass is 9.81. The maximum Gasteiger partial charge on any atom is 0.219 e. The minimum Gasteiger partial charge on any atom is -0.340 e. The summed E-state index contributed by atoms with van der Waals surface area (Å²) >= 11 is 0. The Labute approximate surface area is 137 Å². The normalized spacial score (nSPS) is 18.4. The quantitative estimate of drug-likeness (QED) is 0.809. The maximum absolute atomic E-state index is 11.6. The van der Waals surface area contributed by atoms with Crippen LogP contribution in [0.15, 0.2) is 48.5 Å². The van der Waals surface area contributed by atoms with Gasteiger partial charge in [0.1, 0.15) is 0 Å². The summed E-state index contributed by atoms with van der Waals surface area (Å²) in [6.45, 7) is 5.20. The number of rotatable bonds is 1. The van der Waals surface area contributed by atoms with Gasteiger partial charge in [0.2, 0.25) is 5.91 Å². The topological polar surface area (TPSA) is 23.6 Å². The van der Waals surface area contributed by atoms with Crippen LogP contribution in [-0.2, 0) is 11.2 Å². The summed E-state index contributed by atoms with van der Waals surface area (Å²) in [6, 6.07) is 17.9. The molecular weight excluding hydrogens is 284 g/mol. The summed E-state index contributed by atoms with van der Waals surface area (Å²) < 4.78 is 0. The molecule has 1 heterocycles. The summed E-state index contributed by atoms with van der Waals surface area (Å²) in [7, 11) is 0. The maximum atomic E-state index is 11.6. The average molecular weight is 306 g/mol. The molecule has 0 unspecified atom stereocenters. The number of fused-ring (bicyclic) bond motifs is 2. The molecule has 0 saturated carbocycles. The Morgan fingerprint density at radius 2 is 1.39 bits per heavy atom. The Kier molecular flexibility index (Phi) is 3.66. The van der Waals surface area contributed by atoms with E-state index in [4.69, 9.17) is 0 Å². The van der Waals surface area contributed by atoms with E-state index in [0.29, 0.717) is 6.04 Å². The fraction of sp³-hybridized carbons (Fsp3) is 0.350. The van der Waals surface area contributed by atoms with Gasteiger partial charge in [-0.05, 0) is 28.7 Å². The number of hydrogen-bond acceptors (Lipinski definition) is 2. The highest BCUT2D eigenvalue weighted by atomic mass is 16.2. The molecule has 0 N–H and O–H groups in total. The van der Waals surface area contributed by atoms with Gasteiger partial charge in [0, 0.05) is 33.1 Å². The van der Waals surface area contributed by atoms with E-state index in [9.17, 15) is 4.79 Å². The van der Waals surface area contributed by atoms with E-state index in [2.05, 4.69) is 53.4 Å². The highest BCUT2D eigenvalue weighted by Crippen LogP contribution is 2.38. The second kappa shape index (κ2) is 5.82. The summed E-state index contributed by atoms with van der Waals surface area (Å²) in [5.74, 6) is 0.189. The zero-order valence-electron chi connectivity index (χ0n) is 13.5. The summed E-state index contributed by atoms with van der Waals surface area (Å²) in [6.07, 6.45) is 1.02. The molecule has 1 aliphatic carbocycles. The smallest absolute Gasteiger partial charge is 0.219 e. The molecule has 1 saturated heterocycles. The van der Waals surface area contributed by atoms with Gasteiger partial charge in [-0.25, -0.2) is 0 Å². The number of amides is 1. The van der Waals surface area contributed by atoms with Gasteiger partial charge in [-0.3, -0.25) is 9.69 Å². The van der Waals surface area contributed by atoms with Crippen LogP contribution < -0.4 is 0 Å². The van der Waals surface area contributed by atoms with E-state index >= 15 is 0 Å². The van der Waals surface area contributed by atoms with Crippen molar-refractivity contribution in [3.63, 3.8) is 0 Å². The van der Waals surface area contributed by atoms with Crippen LogP contribution in [0.2, 0.25) is 0 Å². The Hall–Kier alpha value is -2.13. The molecule has 0 spiro atoms. The van der Waals surface area contributed by atoms with Crippen molar-refractivity contribution in [3.8, 4) is 0 Å². The second-order valence-corrected chi connectivity index (χ2v) is 6.52. The van der Waals surface area contributed by atoms with Crippen LogP contribution in [0, 0.1) is 0 Å². The molecule has 3 nitrogen and oxygen atoms in total. The lowest BCUT2D eigenvalue weighted by Crippen LogP contribution is -2.49. The molecule has 4 rings (SSSR count). The lowest BCUT2D eigenvalue weighted by molar-refractivity contribution is -0.130. The van der Waals surface area contributed by atoms with Crippen molar-refractivity contribution >= 4 is 5.91 Å². The molecule has 3 heteroatoms. The predicted octanol–water partition coefficient (Wildman–Crippen LogP) is 2.84. The number of carbonyl (C=O) groups excluding carboxylic acids is 1. The van der Waals surface area contributed by atoms with Gasteiger partial charge in [0.25, 0.3) is 0 Å². The number of benzene rings is 2. The van der Waals surface area contributed by atoms with E-state index in [1.165, 1.54) is 22.3 Å². The van der Waals surface area contributed by atoms with Crippen LogP contribution in [0.1, 0.15) is 35.2 Å². The molecule has 0 aromatic heterocycles. The first-order valence-electron chi connectivity index (χ1n) is 8.39. The van der Waals surface area contributed by atoms with Crippen LogP contribution in [0.4, 0.5) is 0 Å². The number of nitrogens with zero attached hydrogens (tertiary/aromatic N) is 2. The monoisotopic (exact) mass is 306 g/mol. The molecule has 2 aromatic rings. The fourth-order valence-corrected chi connectivity index (χ4v) is 3.98. The Morgan fingerprint density at radius 1 is 0.870 bits per heavy atom. The van der Waals surface area contributed by atoms with Gasteiger partial charge in [-0.1, -0.05) is 48.5 Å². The number of carbonyl (C=O) groups is 1. The first kappa shape index (κ1) is 14.5. The molecule has 0 atom stereocenters. The van der Waals surface area contributed by atoms with Crippen molar-refractivity contribution in [2.75, 3.05) is 26.2 Å². The molecule has 2 aliphatic rings. The SMILES string of the molecule is CC(=O)N1CCN(C2c3ccccc3Cc3ccccc32)CC1. The Balaban J connectivity index is 1.70. The first-order chi connectivity index (χ1) is 11.2. The minimum atomic E-state index is 0.189. The van der Waals surface area contributed by atoms with Crippen LogP contribution in [0.5, 0.6) is 0 Å². The van der Waals surface area contributed by atoms with Crippen LogP contribution in [-0.4, -0.2) is 41.9 Å². The van der Waals surface area contributed by atoms with E-state index in [-0.39, 0.29) is 5.91 Å².